The second-order valence-electron chi connectivity index (χ2n) is 5.19. The number of carbonyl (C=O) groups is 1. The number of rotatable bonds is 5. The average molecular weight is 388 g/mol. The van der Waals surface area contributed by atoms with Crippen LogP contribution in [0.25, 0.3) is 5.69 Å². The van der Waals surface area contributed by atoms with Crippen molar-refractivity contribution in [2.45, 2.75) is 5.16 Å². The van der Waals surface area contributed by atoms with E-state index in [2.05, 4.69) is 15.3 Å². The highest BCUT2D eigenvalue weighted by Crippen LogP contribution is 2.23. The Morgan fingerprint density at radius 3 is 2.58 bits per heavy atom. The van der Waals surface area contributed by atoms with Crippen molar-refractivity contribution in [1.29, 1.82) is 0 Å². The fraction of sp³-hybridized carbons (Fsp3) is 0.0588. The Morgan fingerprint density at radius 2 is 1.88 bits per heavy atom. The normalized spacial score (nSPS) is 10.5. The van der Waals surface area contributed by atoms with Crippen LogP contribution in [0, 0.1) is 0 Å². The number of amides is 1. The lowest BCUT2D eigenvalue weighted by Gasteiger charge is -2.14. The molecule has 0 radical (unpaired) electrons. The monoisotopic (exact) mass is 387 g/mol. The zero-order chi connectivity index (χ0) is 18.5. The van der Waals surface area contributed by atoms with Gasteiger partial charge in [-0.1, -0.05) is 23.4 Å². The summed E-state index contributed by atoms with van der Waals surface area (Å²) in [6.07, 6.45) is 3.17. The van der Waals surface area contributed by atoms with E-state index in [-0.39, 0.29) is 17.5 Å². The third-order valence-corrected chi connectivity index (χ3v) is 4.50. The summed E-state index contributed by atoms with van der Waals surface area (Å²) >= 11 is 7.03. The Kier molecular flexibility index (Phi) is 5.55. The molecule has 1 amide bonds. The standard InChI is InChI=1S/C17H14ClN5O2S/c18-11-1-3-13(4-2-11)23-14(19)9-15(24)22-17(23)26-10-16(25)21-12-5-7-20-8-6-12/h1-9H,10,19H2,(H,20,21,25). The summed E-state index contributed by atoms with van der Waals surface area (Å²) in [5, 5.41) is 3.64. The van der Waals surface area contributed by atoms with Crippen molar-refractivity contribution >= 4 is 40.8 Å². The van der Waals surface area contributed by atoms with Crippen LogP contribution in [0.2, 0.25) is 5.02 Å². The topological polar surface area (TPSA) is 103 Å². The van der Waals surface area contributed by atoms with Crippen molar-refractivity contribution in [3.8, 4) is 5.69 Å². The molecule has 0 atom stereocenters. The largest absolute Gasteiger partial charge is 0.385 e. The van der Waals surface area contributed by atoms with Gasteiger partial charge in [0, 0.05) is 34.9 Å². The van der Waals surface area contributed by atoms with E-state index in [1.54, 1.807) is 53.4 Å². The van der Waals surface area contributed by atoms with Gasteiger partial charge in [-0.2, -0.15) is 4.98 Å². The number of hydrogen-bond donors (Lipinski definition) is 2. The van der Waals surface area contributed by atoms with Gasteiger partial charge in [-0.25, -0.2) is 0 Å². The lowest BCUT2D eigenvalue weighted by atomic mass is 10.3. The molecule has 0 unspecified atom stereocenters. The average Bonchev–Trinajstić information content (AvgIpc) is 2.61. The molecule has 9 heteroatoms. The predicted molar refractivity (Wildman–Crippen MR) is 103 cm³/mol. The van der Waals surface area contributed by atoms with Gasteiger partial charge >= 0.3 is 0 Å². The minimum Gasteiger partial charge on any atom is -0.385 e. The van der Waals surface area contributed by atoms with Crippen LogP contribution in [0.4, 0.5) is 11.5 Å². The van der Waals surface area contributed by atoms with Crippen molar-refractivity contribution in [3.05, 3.63) is 70.2 Å². The second-order valence-corrected chi connectivity index (χ2v) is 6.57. The Hall–Kier alpha value is -2.84. The number of hydrogen-bond acceptors (Lipinski definition) is 6. The molecule has 0 fully saturated rings. The molecule has 132 valence electrons. The Labute approximate surface area is 158 Å². The summed E-state index contributed by atoms with van der Waals surface area (Å²) in [7, 11) is 0. The number of carbonyl (C=O) groups excluding carboxylic acids is 1. The van der Waals surface area contributed by atoms with Crippen LogP contribution in [0.15, 0.2) is 64.8 Å². The number of aromatic nitrogens is 3. The first-order chi connectivity index (χ1) is 12.5. The Bertz CT molecular complexity index is 977. The Balaban J connectivity index is 1.82. The summed E-state index contributed by atoms with van der Waals surface area (Å²) in [5.41, 5.74) is 6.85. The number of thioether (sulfide) groups is 1. The molecule has 0 aliphatic heterocycles. The molecule has 0 saturated heterocycles. The molecule has 0 aliphatic rings. The maximum Gasteiger partial charge on any atom is 0.275 e. The van der Waals surface area contributed by atoms with Crippen molar-refractivity contribution in [2.24, 2.45) is 0 Å². The number of anilines is 2. The van der Waals surface area contributed by atoms with Gasteiger partial charge < -0.3 is 11.1 Å². The highest BCUT2D eigenvalue weighted by molar-refractivity contribution is 7.99. The maximum absolute atomic E-state index is 12.1. The number of nitrogens with one attached hydrogen (secondary N) is 1. The summed E-state index contributed by atoms with van der Waals surface area (Å²) in [6.45, 7) is 0. The van der Waals surface area contributed by atoms with E-state index in [1.807, 2.05) is 0 Å². The zero-order valence-corrected chi connectivity index (χ0v) is 15.0. The van der Waals surface area contributed by atoms with Gasteiger partial charge in [0.1, 0.15) is 5.82 Å². The van der Waals surface area contributed by atoms with Crippen LogP contribution in [0.5, 0.6) is 0 Å². The molecule has 1 aromatic carbocycles. The van der Waals surface area contributed by atoms with Gasteiger partial charge in [0.2, 0.25) is 5.91 Å². The van der Waals surface area contributed by atoms with Crippen LogP contribution in [-0.2, 0) is 4.79 Å². The zero-order valence-electron chi connectivity index (χ0n) is 13.4. The van der Waals surface area contributed by atoms with Gasteiger partial charge in [0.05, 0.1) is 5.75 Å². The minimum absolute atomic E-state index is 0.0613. The van der Waals surface area contributed by atoms with Gasteiger partial charge in [-0.3, -0.25) is 19.1 Å². The SMILES string of the molecule is Nc1cc(=O)nc(SCC(=O)Nc2ccncc2)n1-c1ccc(Cl)cc1. The number of benzene rings is 1. The van der Waals surface area contributed by atoms with E-state index in [0.29, 0.717) is 21.6 Å². The number of halogens is 1. The van der Waals surface area contributed by atoms with E-state index >= 15 is 0 Å². The molecular weight excluding hydrogens is 374 g/mol. The van der Waals surface area contributed by atoms with Crippen molar-refractivity contribution in [3.63, 3.8) is 0 Å². The van der Waals surface area contributed by atoms with Crippen LogP contribution in [-0.4, -0.2) is 26.2 Å². The van der Waals surface area contributed by atoms with Gasteiger partial charge in [0.25, 0.3) is 5.56 Å². The van der Waals surface area contributed by atoms with E-state index in [1.165, 1.54) is 6.07 Å². The summed E-state index contributed by atoms with van der Waals surface area (Å²) in [6, 6.07) is 11.5. The third-order valence-electron chi connectivity index (χ3n) is 3.31. The molecule has 2 heterocycles. The maximum atomic E-state index is 12.1. The van der Waals surface area contributed by atoms with Crippen molar-refractivity contribution in [2.75, 3.05) is 16.8 Å². The van der Waals surface area contributed by atoms with Gasteiger partial charge in [0.15, 0.2) is 5.16 Å². The Morgan fingerprint density at radius 1 is 1.19 bits per heavy atom. The van der Waals surface area contributed by atoms with Crippen LogP contribution < -0.4 is 16.6 Å². The quantitative estimate of drug-likeness (QED) is 0.515. The molecule has 7 nitrogen and oxygen atoms in total. The molecule has 0 spiro atoms. The first kappa shape index (κ1) is 18.0. The lowest BCUT2D eigenvalue weighted by Crippen LogP contribution is -2.19. The highest BCUT2D eigenvalue weighted by atomic mass is 35.5. The molecule has 3 rings (SSSR count). The second kappa shape index (κ2) is 8.03. The molecule has 2 aromatic heterocycles. The fourth-order valence-corrected chi connectivity index (χ4v) is 3.14. The summed E-state index contributed by atoms with van der Waals surface area (Å²) in [4.78, 5) is 31.7. The van der Waals surface area contributed by atoms with Gasteiger partial charge in [-0.15, -0.1) is 0 Å². The van der Waals surface area contributed by atoms with Gasteiger partial charge in [-0.05, 0) is 36.4 Å². The van der Waals surface area contributed by atoms with Crippen molar-refractivity contribution < 1.29 is 4.79 Å². The highest BCUT2D eigenvalue weighted by Gasteiger charge is 2.13. The van der Waals surface area contributed by atoms with Crippen molar-refractivity contribution in [1.82, 2.24) is 14.5 Å². The molecule has 3 aromatic rings. The van der Waals surface area contributed by atoms with E-state index in [9.17, 15) is 9.59 Å². The van der Waals surface area contributed by atoms with E-state index in [4.69, 9.17) is 17.3 Å². The number of nitrogen functional groups attached to an aromatic ring is 1. The first-order valence-electron chi connectivity index (χ1n) is 7.51. The van der Waals surface area contributed by atoms with E-state index in [0.717, 1.165) is 11.8 Å². The van der Waals surface area contributed by atoms with Crippen LogP contribution in [0.3, 0.4) is 0 Å². The summed E-state index contributed by atoms with van der Waals surface area (Å²) in [5.74, 6) is 0.0520. The smallest absolute Gasteiger partial charge is 0.275 e. The lowest BCUT2D eigenvalue weighted by molar-refractivity contribution is -0.113. The van der Waals surface area contributed by atoms with Crippen LogP contribution in [0.1, 0.15) is 0 Å². The molecule has 26 heavy (non-hydrogen) atoms. The van der Waals surface area contributed by atoms with Crippen LogP contribution >= 0.6 is 23.4 Å². The minimum atomic E-state index is -0.468. The molecule has 0 saturated carbocycles. The molecule has 0 bridgehead atoms. The first-order valence-corrected chi connectivity index (χ1v) is 8.87. The number of nitrogens with two attached hydrogens (primary N) is 1. The third kappa shape index (κ3) is 4.41. The summed E-state index contributed by atoms with van der Waals surface area (Å²) < 4.78 is 1.60. The van der Waals surface area contributed by atoms with E-state index < -0.39 is 5.56 Å². The predicted octanol–water partition coefficient (Wildman–Crippen LogP) is 2.59. The molecular formula is C17H14ClN5O2S. The molecule has 0 aliphatic carbocycles. The number of nitrogens with zero attached hydrogens (tertiary/aromatic N) is 3. The fourth-order valence-electron chi connectivity index (χ4n) is 2.19. The molecule has 3 N–H and O–H groups in total. The number of pyridine rings is 1.